The van der Waals surface area contributed by atoms with Crippen molar-refractivity contribution >= 4 is 23.8 Å². The van der Waals surface area contributed by atoms with Gasteiger partial charge in [0.2, 0.25) is 11.8 Å². The Kier molecular flexibility index (Phi) is 6.35. The summed E-state index contributed by atoms with van der Waals surface area (Å²) in [5.41, 5.74) is 5.36. The van der Waals surface area contributed by atoms with E-state index in [0.29, 0.717) is 0 Å². The molecule has 0 radical (unpaired) electrons. The van der Waals surface area contributed by atoms with E-state index < -0.39 is 42.3 Å². The number of carbonyl (C=O) groups is 4. The third-order valence-electron chi connectivity index (χ3n) is 2.01. The van der Waals surface area contributed by atoms with Crippen molar-refractivity contribution in [3.63, 3.8) is 0 Å². The summed E-state index contributed by atoms with van der Waals surface area (Å²) < 4.78 is 0. The highest BCUT2D eigenvalue weighted by Gasteiger charge is 2.26. The Bertz CT molecular complexity index is 356. The van der Waals surface area contributed by atoms with Crippen LogP contribution in [-0.4, -0.2) is 53.1 Å². The molecule has 0 spiro atoms. The van der Waals surface area contributed by atoms with E-state index in [-0.39, 0.29) is 6.42 Å². The molecule has 2 amide bonds. The number of carbonyl (C=O) groups excluding carboxylic acids is 2. The maximum Gasteiger partial charge on any atom is 0.326 e. The van der Waals surface area contributed by atoms with Crippen LogP contribution in [0.1, 0.15) is 12.8 Å². The van der Waals surface area contributed by atoms with Crippen LogP contribution in [-0.2, 0) is 19.2 Å². The second-order valence-electron chi connectivity index (χ2n) is 3.48. The topological polar surface area (TPSA) is 159 Å². The number of nitrogens with one attached hydrogen (secondary N) is 2. The van der Waals surface area contributed by atoms with E-state index in [1.54, 1.807) is 0 Å². The summed E-state index contributed by atoms with van der Waals surface area (Å²) in [6.45, 7) is 0. The Morgan fingerprint density at radius 2 is 1.72 bits per heavy atom. The van der Waals surface area contributed by atoms with Crippen LogP contribution < -0.4 is 16.4 Å². The molecule has 18 heavy (non-hydrogen) atoms. The molecule has 0 aromatic rings. The fraction of sp³-hybridized carbons (Fsp3) is 0.556. The Hall–Kier alpha value is -2.16. The van der Waals surface area contributed by atoms with Gasteiger partial charge in [0, 0.05) is 7.05 Å². The van der Waals surface area contributed by atoms with Crippen LogP contribution in [0, 0.1) is 0 Å². The van der Waals surface area contributed by atoms with Gasteiger partial charge in [-0.05, 0) is 0 Å². The number of carboxylic acids is 2. The first kappa shape index (κ1) is 15.8. The van der Waals surface area contributed by atoms with Gasteiger partial charge in [-0.15, -0.1) is 0 Å². The second-order valence-corrected chi connectivity index (χ2v) is 3.48. The highest BCUT2D eigenvalue weighted by atomic mass is 16.4. The zero-order valence-electron chi connectivity index (χ0n) is 9.67. The molecule has 2 atom stereocenters. The van der Waals surface area contributed by atoms with E-state index in [4.69, 9.17) is 15.9 Å². The van der Waals surface area contributed by atoms with Gasteiger partial charge in [-0.25, -0.2) is 4.79 Å². The Labute approximate surface area is 102 Å². The van der Waals surface area contributed by atoms with Crippen LogP contribution >= 0.6 is 0 Å². The number of carboxylic acid groups (broad SMARTS) is 2. The normalized spacial score (nSPS) is 13.2. The molecule has 0 saturated heterocycles. The summed E-state index contributed by atoms with van der Waals surface area (Å²) in [6, 6.07) is -2.81. The minimum Gasteiger partial charge on any atom is -0.481 e. The molecule has 0 aromatic heterocycles. The molecule has 0 bridgehead atoms. The fourth-order valence-electron chi connectivity index (χ4n) is 1.05. The number of amides is 2. The lowest BCUT2D eigenvalue weighted by Crippen LogP contribution is -2.50. The Morgan fingerprint density at radius 3 is 2.11 bits per heavy atom. The first-order valence-electron chi connectivity index (χ1n) is 4.99. The van der Waals surface area contributed by atoms with E-state index in [1.807, 2.05) is 5.32 Å². The lowest BCUT2D eigenvalue weighted by molar-refractivity contribution is -0.147. The van der Waals surface area contributed by atoms with Crippen molar-refractivity contribution in [2.24, 2.45) is 5.73 Å². The van der Waals surface area contributed by atoms with Gasteiger partial charge < -0.3 is 26.6 Å². The fourth-order valence-corrected chi connectivity index (χ4v) is 1.05. The summed E-state index contributed by atoms with van der Waals surface area (Å²) in [6.07, 6.45) is -1.09. The molecule has 0 aromatic carbocycles. The summed E-state index contributed by atoms with van der Waals surface area (Å²) in [4.78, 5) is 43.4. The molecule has 102 valence electrons. The largest absolute Gasteiger partial charge is 0.481 e. The zero-order chi connectivity index (χ0) is 14.3. The molecule has 2 unspecified atom stereocenters. The minimum atomic E-state index is -1.58. The molecular weight excluding hydrogens is 246 g/mol. The highest BCUT2D eigenvalue weighted by molar-refractivity contribution is 5.91. The standard InChI is InChI=1S/C9H15N3O6/c1-11-6(13)2-4(10)8(16)12-5(9(17)18)3-7(14)15/h4-5H,2-3,10H2,1H3,(H,11,13)(H,12,16)(H,14,15)(H,17,18). The minimum absolute atomic E-state index is 0.318. The highest BCUT2D eigenvalue weighted by Crippen LogP contribution is 1.96. The predicted octanol–water partition coefficient (Wildman–Crippen LogP) is -2.51. The molecule has 0 aliphatic carbocycles. The van der Waals surface area contributed by atoms with Gasteiger partial charge in [0.1, 0.15) is 6.04 Å². The van der Waals surface area contributed by atoms with Crippen LogP contribution in [0.15, 0.2) is 0 Å². The number of hydrogen-bond donors (Lipinski definition) is 5. The summed E-state index contributed by atoms with van der Waals surface area (Å²) in [5, 5.41) is 21.3. The molecule has 9 nitrogen and oxygen atoms in total. The second kappa shape index (κ2) is 7.22. The van der Waals surface area contributed by atoms with Gasteiger partial charge in [-0.3, -0.25) is 14.4 Å². The maximum absolute atomic E-state index is 11.4. The zero-order valence-corrected chi connectivity index (χ0v) is 9.67. The molecule has 0 rings (SSSR count). The van der Waals surface area contributed by atoms with E-state index >= 15 is 0 Å². The van der Waals surface area contributed by atoms with E-state index in [0.717, 1.165) is 0 Å². The van der Waals surface area contributed by atoms with Gasteiger partial charge in [0.25, 0.3) is 0 Å². The van der Waals surface area contributed by atoms with Crippen LogP contribution in [0.3, 0.4) is 0 Å². The molecule has 0 aliphatic heterocycles. The molecule has 0 fully saturated rings. The van der Waals surface area contributed by atoms with Crippen LogP contribution in [0.4, 0.5) is 0 Å². The first-order chi connectivity index (χ1) is 8.27. The van der Waals surface area contributed by atoms with Gasteiger partial charge in [0.05, 0.1) is 18.9 Å². The third-order valence-corrected chi connectivity index (χ3v) is 2.01. The van der Waals surface area contributed by atoms with Crippen LogP contribution in [0.2, 0.25) is 0 Å². The summed E-state index contributed by atoms with van der Waals surface area (Å²) in [5.74, 6) is -4.24. The smallest absolute Gasteiger partial charge is 0.326 e. The molecule has 0 heterocycles. The van der Waals surface area contributed by atoms with Crippen molar-refractivity contribution in [1.29, 1.82) is 0 Å². The van der Waals surface area contributed by atoms with Crippen molar-refractivity contribution in [3.05, 3.63) is 0 Å². The average molecular weight is 261 g/mol. The van der Waals surface area contributed by atoms with Crippen molar-refractivity contribution in [1.82, 2.24) is 10.6 Å². The van der Waals surface area contributed by atoms with Crippen molar-refractivity contribution in [2.75, 3.05) is 7.05 Å². The monoisotopic (exact) mass is 261 g/mol. The molecule has 6 N–H and O–H groups in total. The Balaban J connectivity index is 4.45. The number of nitrogens with two attached hydrogens (primary N) is 1. The molecule has 0 aliphatic rings. The van der Waals surface area contributed by atoms with Gasteiger partial charge in [-0.2, -0.15) is 0 Å². The Morgan fingerprint density at radius 1 is 1.17 bits per heavy atom. The first-order valence-corrected chi connectivity index (χ1v) is 4.99. The molecule has 9 heteroatoms. The van der Waals surface area contributed by atoms with Gasteiger partial charge >= 0.3 is 11.9 Å². The number of hydrogen-bond acceptors (Lipinski definition) is 5. The van der Waals surface area contributed by atoms with Crippen molar-refractivity contribution in [2.45, 2.75) is 24.9 Å². The third kappa shape index (κ3) is 5.80. The average Bonchev–Trinajstić information content (AvgIpc) is 2.26. The summed E-state index contributed by atoms with van der Waals surface area (Å²) in [7, 11) is 1.36. The molecule has 0 saturated carbocycles. The van der Waals surface area contributed by atoms with Gasteiger partial charge in [-0.1, -0.05) is 0 Å². The summed E-state index contributed by atoms with van der Waals surface area (Å²) >= 11 is 0. The van der Waals surface area contributed by atoms with E-state index in [1.165, 1.54) is 7.05 Å². The number of rotatable bonds is 7. The SMILES string of the molecule is CNC(=O)CC(N)C(=O)NC(CC(=O)O)C(=O)O. The molecular formula is C9H15N3O6. The van der Waals surface area contributed by atoms with E-state index in [2.05, 4.69) is 5.32 Å². The maximum atomic E-state index is 11.4. The van der Waals surface area contributed by atoms with Crippen molar-refractivity contribution < 1.29 is 29.4 Å². The number of aliphatic carboxylic acids is 2. The van der Waals surface area contributed by atoms with E-state index in [9.17, 15) is 19.2 Å². The lowest BCUT2D eigenvalue weighted by atomic mass is 10.1. The van der Waals surface area contributed by atoms with Crippen molar-refractivity contribution in [3.8, 4) is 0 Å². The van der Waals surface area contributed by atoms with Gasteiger partial charge in [0.15, 0.2) is 0 Å². The van der Waals surface area contributed by atoms with Crippen LogP contribution in [0.5, 0.6) is 0 Å². The quantitative estimate of drug-likeness (QED) is 0.338. The predicted molar refractivity (Wildman–Crippen MR) is 58.5 cm³/mol. The lowest BCUT2D eigenvalue weighted by Gasteiger charge is -2.15. The van der Waals surface area contributed by atoms with Crippen LogP contribution in [0.25, 0.3) is 0 Å².